The van der Waals surface area contributed by atoms with Gasteiger partial charge >= 0.3 is 0 Å². The SMILES string of the molecule is CC(C)C1CCC(C)(N=C=O)C1(C)C. The smallest absolute Gasteiger partial charge is 0.211 e. The van der Waals surface area contributed by atoms with Crippen LogP contribution in [0.3, 0.4) is 0 Å². The van der Waals surface area contributed by atoms with Crippen LogP contribution >= 0.6 is 0 Å². The Morgan fingerprint density at radius 2 is 1.93 bits per heavy atom. The van der Waals surface area contributed by atoms with E-state index in [1.807, 2.05) is 0 Å². The summed E-state index contributed by atoms with van der Waals surface area (Å²) in [6, 6.07) is 0. The zero-order valence-corrected chi connectivity index (χ0v) is 9.92. The predicted molar refractivity (Wildman–Crippen MR) is 57.9 cm³/mol. The minimum absolute atomic E-state index is 0.110. The molecule has 0 aromatic carbocycles. The lowest BCUT2D eigenvalue weighted by atomic mass is 9.68. The lowest BCUT2D eigenvalue weighted by Gasteiger charge is -2.39. The summed E-state index contributed by atoms with van der Waals surface area (Å²) in [4.78, 5) is 14.5. The molecule has 1 rings (SSSR count). The van der Waals surface area contributed by atoms with Crippen LogP contribution in [0.2, 0.25) is 0 Å². The molecule has 2 nitrogen and oxygen atoms in total. The van der Waals surface area contributed by atoms with Crippen LogP contribution in [0.1, 0.15) is 47.5 Å². The van der Waals surface area contributed by atoms with Gasteiger partial charge < -0.3 is 0 Å². The third-order valence-electron chi connectivity index (χ3n) is 4.35. The van der Waals surface area contributed by atoms with Crippen molar-refractivity contribution >= 4 is 6.08 Å². The quantitative estimate of drug-likeness (QED) is 0.491. The molecule has 1 fully saturated rings. The molecule has 0 N–H and O–H groups in total. The molecular weight excluding hydrogens is 174 g/mol. The molecule has 0 aromatic rings. The first kappa shape index (κ1) is 11.5. The van der Waals surface area contributed by atoms with Crippen molar-refractivity contribution in [3.05, 3.63) is 0 Å². The summed E-state index contributed by atoms with van der Waals surface area (Å²) in [5.74, 6) is 1.32. The Balaban J connectivity index is 3.01. The maximum Gasteiger partial charge on any atom is 0.235 e. The molecule has 0 saturated heterocycles. The zero-order valence-electron chi connectivity index (χ0n) is 9.92. The van der Waals surface area contributed by atoms with Crippen molar-refractivity contribution in [2.75, 3.05) is 0 Å². The van der Waals surface area contributed by atoms with E-state index in [0.717, 1.165) is 6.42 Å². The molecule has 2 unspecified atom stereocenters. The van der Waals surface area contributed by atoms with Crippen molar-refractivity contribution in [2.45, 2.75) is 53.0 Å². The molecule has 2 heteroatoms. The van der Waals surface area contributed by atoms with Gasteiger partial charge in [0.15, 0.2) is 0 Å². The molecule has 80 valence electrons. The number of hydrogen-bond donors (Lipinski definition) is 0. The van der Waals surface area contributed by atoms with E-state index in [2.05, 4.69) is 39.6 Å². The monoisotopic (exact) mass is 195 g/mol. The van der Waals surface area contributed by atoms with Gasteiger partial charge in [-0.1, -0.05) is 27.7 Å². The second-order valence-corrected chi connectivity index (χ2v) is 5.59. The molecule has 0 bridgehead atoms. The van der Waals surface area contributed by atoms with Gasteiger partial charge in [0, 0.05) is 0 Å². The van der Waals surface area contributed by atoms with Crippen LogP contribution in [0, 0.1) is 17.3 Å². The van der Waals surface area contributed by atoms with E-state index >= 15 is 0 Å². The van der Waals surface area contributed by atoms with Gasteiger partial charge in [0.25, 0.3) is 0 Å². The van der Waals surface area contributed by atoms with Gasteiger partial charge in [-0.15, -0.1) is 0 Å². The van der Waals surface area contributed by atoms with Gasteiger partial charge in [0.1, 0.15) is 0 Å². The normalized spacial score (nSPS) is 35.7. The Kier molecular flexibility index (Phi) is 2.87. The van der Waals surface area contributed by atoms with Gasteiger partial charge in [-0.3, -0.25) is 0 Å². The van der Waals surface area contributed by atoms with Crippen molar-refractivity contribution in [1.82, 2.24) is 0 Å². The van der Waals surface area contributed by atoms with Gasteiger partial charge in [-0.2, -0.15) is 4.99 Å². The second kappa shape index (κ2) is 3.51. The van der Waals surface area contributed by atoms with Crippen LogP contribution in [0.15, 0.2) is 4.99 Å². The average molecular weight is 195 g/mol. The van der Waals surface area contributed by atoms with Crippen LogP contribution in [-0.4, -0.2) is 11.6 Å². The van der Waals surface area contributed by atoms with Crippen molar-refractivity contribution in [2.24, 2.45) is 22.2 Å². The first-order chi connectivity index (χ1) is 6.35. The molecule has 2 atom stereocenters. The van der Waals surface area contributed by atoms with E-state index in [0.29, 0.717) is 11.8 Å². The molecule has 0 amide bonds. The van der Waals surface area contributed by atoms with Gasteiger partial charge in [-0.25, -0.2) is 4.79 Å². The number of rotatable bonds is 2. The zero-order chi connectivity index (χ0) is 11.0. The van der Waals surface area contributed by atoms with Crippen LogP contribution < -0.4 is 0 Å². The Bertz CT molecular complexity index is 263. The van der Waals surface area contributed by atoms with E-state index in [9.17, 15) is 4.79 Å². The van der Waals surface area contributed by atoms with Crippen molar-refractivity contribution in [1.29, 1.82) is 0 Å². The second-order valence-electron chi connectivity index (χ2n) is 5.59. The maximum atomic E-state index is 10.4. The molecular formula is C12H21NO. The van der Waals surface area contributed by atoms with Crippen molar-refractivity contribution < 1.29 is 4.79 Å². The highest BCUT2D eigenvalue weighted by molar-refractivity contribution is 5.36. The fraction of sp³-hybridized carbons (Fsp3) is 0.917. The number of isocyanates is 1. The van der Waals surface area contributed by atoms with Gasteiger partial charge in [0.05, 0.1) is 5.54 Å². The first-order valence-electron chi connectivity index (χ1n) is 5.44. The Morgan fingerprint density at radius 3 is 2.29 bits per heavy atom. The Labute approximate surface area is 86.8 Å². The summed E-state index contributed by atoms with van der Waals surface area (Å²) in [6.07, 6.45) is 3.93. The number of carbonyl (C=O) groups excluding carboxylic acids is 1. The topological polar surface area (TPSA) is 29.4 Å². The van der Waals surface area contributed by atoms with E-state index in [-0.39, 0.29) is 11.0 Å². The molecule has 0 radical (unpaired) electrons. The van der Waals surface area contributed by atoms with Crippen LogP contribution in [-0.2, 0) is 4.79 Å². The molecule has 14 heavy (non-hydrogen) atoms. The number of aliphatic imine (C=N–C) groups is 1. The summed E-state index contributed by atoms with van der Waals surface area (Å²) in [7, 11) is 0. The summed E-state index contributed by atoms with van der Waals surface area (Å²) in [5, 5.41) is 0. The molecule has 0 spiro atoms. The van der Waals surface area contributed by atoms with E-state index in [1.54, 1.807) is 6.08 Å². The largest absolute Gasteiger partial charge is 0.235 e. The van der Waals surface area contributed by atoms with Crippen molar-refractivity contribution in [3.63, 3.8) is 0 Å². The lowest BCUT2D eigenvalue weighted by Crippen LogP contribution is -2.40. The summed E-state index contributed by atoms with van der Waals surface area (Å²) >= 11 is 0. The number of nitrogens with zero attached hydrogens (tertiary/aromatic N) is 1. The fourth-order valence-corrected chi connectivity index (χ4v) is 2.99. The molecule has 0 aliphatic heterocycles. The van der Waals surface area contributed by atoms with Gasteiger partial charge in [0.2, 0.25) is 6.08 Å². The van der Waals surface area contributed by atoms with Crippen LogP contribution in [0.5, 0.6) is 0 Å². The Morgan fingerprint density at radius 1 is 1.36 bits per heavy atom. The maximum absolute atomic E-state index is 10.4. The third-order valence-corrected chi connectivity index (χ3v) is 4.35. The molecule has 0 aromatic heterocycles. The molecule has 1 saturated carbocycles. The van der Waals surface area contributed by atoms with Crippen molar-refractivity contribution in [3.8, 4) is 0 Å². The lowest BCUT2D eigenvalue weighted by molar-refractivity contribution is 0.131. The van der Waals surface area contributed by atoms with E-state index < -0.39 is 0 Å². The highest BCUT2D eigenvalue weighted by Crippen LogP contribution is 2.54. The van der Waals surface area contributed by atoms with Crippen LogP contribution in [0.4, 0.5) is 0 Å². The van der Waals surface area contributed by atoms with E-state index in [4.69, 9.17) is 0 Å². The minimum atomic E-state index is -0.205. The first-order valence-corrected chi connectivity index (χ1v) is 5.44. The minimum Gasteiger partial charge on any atom is -0.211 e. The standard InChI is InChI=1S/C12H21NO/c1-9(2)10-6-7-12(5,13-8-14)11(10,3)4/h9-10H,6-7H2,1-5H3. The summed E-state index contributed by atoms with van der Waals surface area (Å²) in [5.41, 5.74) is -0.0950. The summed E-state index contributed by atoms with van der Waals surface area (Å²) in [6.45, 7) is 11.0. The highest BCUT2D eigenvalue weighted by Gasteiger charge is 2.52. The highest BCUT2D eigenvalue weighted by atomic mass is 16.1. The fourth-order valence-electron chi connectivity index (χ4n) is 2.99. The summed E-state index contributed by atoms with van der Waals surface area (Å²) < 4.78 is 0. The Hall–Kier alpha value is -0.620. The van der Waals surface area contributed by atoms with Crippen LogP contribution in [0.25, 0.3) is 0 Å². The molecule has 0 heterocycles. The number of hydrogen-bond acceptors (Lipinski definition) is 2. The molecule has 1 aliphatic carbocycles. The van der Waals surface area contributed by atoms with Gasteiger partial charge in [-0.05, 0) is 37.0 Å². The average Bonchev–Trinajstić information content (AvgIpc) is 2.24. The molecule has 1 aliphatic rings. The van der Waals surface area contributed by atoms with E-state index in [1.165, 1.54) is 6.42 Å². The predicted octanol–water partition coefficient (Wildman–Crippen LogP) is 3.17. The third kappa shape index (κ3) is 1.52.